The summed E-state index contributed by atoms with van der Waals surface area (Å²) < 4.78 is 12.9. The summed E-state index contributed by atoms with van der Waals surface area (Å²) in [5, 5.41) is 8.02. The van der Waals surface area contributed by atoms with Crippen molar-refractivity contribution in [3.63, 3.8) is 0 Å². The monoisotopic (exact) mass is 778 g/mol. The van der Waals surface area contributed by atoms with Gasteiger partial charge in [-0.05, 0) is 82.3 Å². The summed E-state index contributed by atoms with van der Waals surface area (Å²) in [4.78, 5) is 27.1. The van der Waals surface area contributed by atoms with E-state index in [4.69, 9.17) is 9.47 Å². The summed E-state index contributed by atoms with van der Waals surface area (Å²) in [5.74, 6) is 0.935. The molecular formula is C54H66O4. The van der Waals surface area contributed by atoms with Gasteiger partial charge in [0.2, 0.25) is 0 Å². The number of fused-ring (bicyclic) bond motifs is 4. The molecule has 0 heterocycles. The fraction of sp³-hybridized carbons (Fsp3) is 0.444. The van der Waals surface area contributed by atoms with E-state index in [-0.39, 0.29) is 11.9 Å². The molecule has 0 aromatic heterocycles. The number of carbonyl (C=O) groups excluding carboxylic acids is 2. The number of esters is 2. The van der Waals surface area contributed by atoms with Crippen LogP contribution in [0.5, 0.6) is 11.5 Å². The SMILES string of the molecule is CCCCCCC(=O)Oc1c2ccccc2c(-c2c3ccccc3c(OC(=O)CCCCCC)c3ccc(CCCCCC)cc23)c2cc(CCCCCC)ccc12. The van der Waals surface area contributed by atoms with Crippen LogP contribution in [0.2, 0.25) is 0 Å². The molecule has 0 aliphatic rings. The van der Waals surface area contributed by atoms with Gasteiger partial charge < -0.3 is 9.47 Å². The number of rotatable bonds is 23. The number of hydrogen-bond donors (Lipinski definition) is 0. The summed E-state index contributed by atoms with van der Waals surface area (Å²) in [6.45, 7) is 8.88. The zero-order chi connectivity index (χ0) is 40.7. The normalized spacial score (nSPS) is 11.6. The Morgan fingerprint density at radius 3 is 1.10 bits per heavy atom. The number of unbranched alkanes of at least 4 members (excludes halogenated alkanes) is 12. The molecule has 0 saturated carbocycles. The van der Waals surface area contributed by atoms with Gasteiger partial charge in [-0.25, -0.2) is 0 Å². The molecule has 0 N–H and O–H groups in total. The molecule has 0 atom stereocenters. The molecule has 0 amide bonds. The lowest BCUT2D eigenvalue weighted by atomic mass is 9.84. The van der Waals surface area contributed by atoms with Crippen molar-refractivity contribution < 1.29 is 19.1 Å². The van der Waals surface area contributed by atoms with Gasteiger partial charge >= 0.3 is 11.9 Å². The average molecular weight is 779 g/mol. The first-order valence-corrected chi connectivity index (χ1v) is 22.8. The van der Waals surface area contributed by atoms with Crippen LogP contribution in [0, 0.1) is 0 Å². The maximum Gasteiger partial charge on any atom is 0.311 e. The number of hydrogen-bond acceptors (Lipinski definition) is 4. The van der Waals surface area contributed by atoms with E-state index < -0.39 is 0 Å². The standard InChI is InChI=1S/C54H66O4/c1-5-9-13-17-25-39-33-35-45-47(37-39)51(41-27-21-23-29-43(41)53(45)57-49(55)31-19-15-11-7-3)52-42-28-22-24-30-44(42)54(58-50(56)32-20-16-12-8-4)46-36-34-40(38-48(46)52)26-18-14-10-6-2/h21-24,27-30,33-38H,5-20,25-26,31-32H2,1-4H3. The fourth-order valence-corrected chi connectivity index (χ4v) is 8.67. The van der Waals surface area contributed by atoms with Crippen molar-refractivity contribution in [1.82, 2.24) is 0 Å². The van der Waals surface area contributed by atoms with Crippen molar-refractivity contribution in [1.29, 1.82) is 0 Å². The number of ether oxygens (including phenoxy) is 2. The molecule has 0 aliphatic heterocycles. The Hall–Kier alpha value is -4.70. The molecular weight excluding hydrogens is 713 g/mol. The highest BCUT2D eigenvalue weighted by atomic mass is 16.5. The van der Waals surface area contributed by atoms with Crippen molar-refractivity contribution in [2.24, 2.45) is 0 Å². The van der Waals surface area contributed by atoms with E-state index >= 15 is 0 Å². The fourth-order valence-electron chi connectivity index (χ4n) is 8.67. The molecule has 6 rings (SSSR count). The van der Waals surface area contributed by atoms with Crippen molar-refractivity contribution >= 4 is 55.0 Å². The van der Waals surface area contributed by atoms with Crippen LogP contribution >= 0.6 is 0 Å². The summed E-state index contributed by atoms with van der Waals surface area (Å²) in [6, 6.07) is 30.5. The maximum atomic E-state index is 13.6. The molecule has 0 radical (unpaired) electrons. The second-order valence-electron chi connectivity index (χ2n) is 16.5. The number of carbonyl (C=O) groups is 2. The van der Waals surface area contributed by atoms with Gasteiger partial charge in [-0.1, -0.05) is 190 Å². The lowest BCUT2D eigenvalue weighted by molar-refractivity contribution is -0.135. The third-order valence-corrected chi connectivity index (χ3v) is 11.9. The Kier molecular flexibility index (Phi) is 16.2. The Morgan fingerprint density at radius 2 is 0.724 bits per heavy atom. The smallest absolute Gasteiger partial charge is 0.311 e. The zero-order valence-electron chi connectivity index (χ0n) is 35.9. The predicted octanol–water partition coefficient (Wildman–Crippen LogP) is 16.0. The van der Waals surface area contributed by atoms with Crippen LogP contribution < -0.4 is 9.47 Å². The van der Waals surface area contributed by atoms with E-state index in [1.54, 1.807) is 0 Å². The Morgan fingerprint density at radius 1 is 0.379 bits per heavy atom. The molecule has 0 saturated heterocycles. The number of aryl methyl sites for hydroxylation is 2. The van der Waals surface area contributed by atoms with Crippen molar-refractivity contribution in [2.45, 2.75) is 156 Å². The highest BCUT2D eigenvalue weighted by Crippen LogP contribution is 2.50. The van der Waals surface area contributed by atoms with Gasteiger partial charge in [0.15, 0.2) is 0 Å². The summed E-state index contributed by atoms with van der Waals surface area (Å²) >= 11 is 0. The van der Waals surface area contributed by atoms with Gasteiger partial charge in [0, 0.05) is 34.4 Å². The van der Waals surface area contributed by atoms with Crippen LogP contribution in [-0.2, 0) is 22.4 Å². The lowest BCUT2D eigenvalue weighted by Crippen LogP contribution is -2.09. The molecule has 0 bridgehead atoms. The van der Waals surface area contributed by atoms with E-state index in [0.717, 1.165) is 131 Å². The molecule has 306 valence electrons. The van der Waals surface area contributed by atoms with Crippen molar-refractivity contribution in [3.8, 4) is 22.6 Å². The molecule has 0 fully saturated rings. The Balaban J connectivity index is 1.62. The van der Waals surface area contributed by atoms with E-state index in [1.807, 2.05) is 12.1 Å². The molecule has 0 aliphatic carbocycles. The Bertz CT molecular complexity index is 2140. The first kappa shape index (κ1) is 42.9. The van der Waals surface area contributed by atoms with Crippen LogP contribution in [-0.4, -0.2) is 11.9 Å². The zero-order valence-corrected chi connectivity index (χ0v) is 35.9. The second-order valence-corrected chi connectivity index (χ2v) is 16.5. The van der Waals surface area contributed by atoms with Crippen LogP contribution in [0.4, 0.5) is 0 Å². The van der Waals surface area contributed by atoms with Gasteiger partial charge in [0.25, 0.3) is 0 Å². The first-order valence-electron chi connectivity index (χ1n) is 22.8. The van der Waals surface area contributed by atoms with E-state index in [9.17, 15) is 9.59 Å². The van der Waals surface area contributed by atoms with Crippen molar-refractivity contribution in [2.75, 3.05) is 0 Å². The van der Waals surface area contributed by atoms with E-state index in [1.165, 1.54) is 49.7 Å². The van der Waals surface area contributed by atoms with Crippen LogP contribution in [0.1, 0.15) is 154 Å². The molecule has 4 nitrogen and oxygen atoms in total. The minimum absolute atomic E-state index is 0.177. The van der Waals surface area contributed by atoms with Crippen molar-refractivity contribution in [3.05, 3.63) is 96.1 Å². The minimum atomic E-state index is -0.177. The van der Waals surface area contributed by atoms with Gasteiger partial charge in [-0.3, -0.25) is 9.59 Å². The molecule has 58 heavy (non-hydrogen) atoms. The van der Waals surface area contributed by atoms with E-state index in [0.29, 0.717) is 24.3 Å². The molecule has 0 spiro atoms. The molecule has 6 aromatic carbocycles. The lowest BCUT2D eigenvalue weighted by Gasteiger charge is -2.22. The van der Waals surface area contributed by atoms with Gasteiger partial charge in [-0.2, -0.15) is 0 Å². The largest absolute Gasteiger partial charge is 0.425 e. The summed E-state index contributed by atoms with van der Waals surface area (Å²) in [7, 11) is 0. The van der Waals surface area contributed by atoms with Crippen LogP contribution in [0.3, 0.4) is 0 Å². The van der Waals surface area contributed by atoms with Gasteiger partial charge in [-0.15, -0.1) is 0 Å². The maximum absolute atomic E-state index is 13.6. The quantitative estimate of drug-likeness (QED) is 0.0281. The third kappa shape index (κ3) is 10.5. The topological polar surface area (TPSA) is 52.6 Å². The van der Waals surface area contributed by atoms with E-state index in [2.05, 4.69) is 100 Å². The second kappa shape index (κ2) is 21.9. The summed E-state index contributed by atoms with van der Waals surface area (Å²) in [5.41, 5.74) is 4.84. The highest BCUT2D eigenvalue weighted by molar-refractivity contribution is 6.27. The van der Waals surface area contributed by atoms with Crippen LogP contribution in [0.25, 0.3) is 54.2 Å². The first-order chi connectivity index (χ1) is 28.5. The van der Waals surface area contributed by atoms with Gasteiger partial charge in [0.1, 0.15) is 11.5 Å². The number of benzene rings is 6. The minimum Gasteiger partial charge on any atom is -0.425 e. The molecule has 0 unspecified atom stereocenters. The average Bonchev–Trinajstić information content (AvgIpc) is 3.24. The molecule has 4 heteroatoms. The Labute approximate surface area is 347 Å². The summed E-state index contributed by atoms with van der Waals surface area (Å²) in [6.07, 6.45) is 20.5. The predicted molar refractivity (Wildman–Crippen MR) is 246 cm³/mol. The van der Waals surface area contributed by atoms with Crippen LogP contribution in [0.15, 0.2) is 84.9 Å². The third-order valence-electron chi connectivity index (χ3n) is 11.9. The molecule has 6 aromatic rings. The van der Waals surface area contributed by atoms with Gasteiger partial charge in [0.05, 0.1) is 0 Å². The highest BCUT2D eigenvalue weighted by Gasteiger charge is 2.25.